The van der Waals surface area contributed by atoms with Crippen molar-refractivity contribution in [2.24, 2.45) is 17.8 Å². The highest BCUT2D eigenvalue weighted by atomic mass is 19.1. The van der Waals surface area contributed by atoms with Crippen molar-refractivity contribution in [1.82, 2.24) is 0 Å². The summed E-state index contributed by atoms with van der Waals surface area (Å²) in [5.41, 5.74) is 0.916. The molecular formula is C31H51FO. The van der Waals surface area contributed by atoms with Gasteiger partial charge in [0.2, 0.25) is 0 Å². The zero-order chi connectivity index (χ0) is 23.3. The average Bonchev–Trinajstić information content (AvgIpc) is 2.83. The molecule has 1 aromatic rings. The first-order valence-corrected chi connectivity index (χ1v) is 14.6. The molecule has 0 bridgehead atoms. The monoisotopic (exact) mass is 458 g/mol. The second kappa shape index (κ2) is 15.0. The molecule has 0 heterocycles. The highest BCUT2D eigenvalue weighted by Gasteiger charge is 2.24. The number of hydrogen-bond acceptors (Lipinski definition) is 1. The van der Waals surface area contributed by atoms with Crippen molar-refractivity contribution < 1.29 is 9.13 Å². The Kier molecular flexibility index (Phi) is 12.1. The molecule has 0 atom stereocenters. The molecule has 0 radical (unpaired) electrons. The van der Waals surface area contributed by atoms with Crippen LogP contribution < -0.4 is 4.74 Å². The summed E-state index contributed by atoms with van der Waals surface area (Å²) in [5.74, 6) is 3.79. The van der Waals surface area contributed by atoms with Crippen LogP contribution in [0.5, 0.6) is 5.75 Å². The van der Waals surface area contributed by atoms with Crippen molar-refractivity contribution in [2.45, 2.75) is 135 Å². The summed E-state index contributed by atoms with van der Waals surface area (Å²) in [6.07, 6.45) is 24.0. The normalized spacial score (nSPS) is 25.8. The first kappa shape index (κ1) is 26.6. The van der Waals surface area contributed by atoms with E-state index in [1.807, 2.05) is 12.1 Å². The molecule has 0 aromatic heterocycles. The van der Waals surface area contributed by atoms with Crippen LogP contribution in [0, 0.1) is 23.6 Å². The molecule has 1 nitrogen and oxygen atoms in total. The van der Waals surface area contributed by atoms with E-state index < -0.39 is 0 Å². The summed E-state index contributed by atoms with van der Waals surface area (Å²) in [5, 5.41) is 0. The maximum Gasteiger partial charge on any atom is 0.130 e. The third-order valence-electron chi connectivity index (χ3n) is 8.66. The van der Waals surface area contributed by atoms with Crippen LogP contribution in [-0.2, 0) is 0 Å². The highest BCUT2D eigenvalue weighted by Crippen LogP contribution is 2.39. The van der Waals surface area contributed by atoms with E-state index in [9.17, 15) is 4.39 Å². The quantitative estimate of drug-likeness (QED) is 0.252. The predicted octanol–water partition coefficient (Wildman–Crippen LogP) is 10.2. The number of unbranched alkanes of at least 4 members (excludes halogenated alkanes) is 4. The first-order valence-electron chi connectivity index (χ1n) is 14.6. The van der Waals surface area contributed by atoms with E-state index in [-0.39, 0.29) is 5.82 Å². The molecule has 0 aliphatic heterocycles. The fourth-order valence-electron chi connectivity index (χ4n) is 6.51. The van der Waals surface area contributed by atoms with Crippen LogP contribution in [0.15, 0.2) is 18.2 Å². The smallest absolute Gasteiger partial charge is 0.130 e. The van der Waals surface area contributed by atoms with E-state index in [2.05, 4.69) is 13.8 Å². The van der Waals surface area contributed by atoms with Gasteiger partial charge in [0.05, 0.1) is 6.61 Å². The van der Waals surface area contributed by atoms with Gasteiger partial charge in [0, 0.05) is 6.07 Å². The SMILES string of the molecule is CCCCCCC[C@H]1CC[C@H](CCCOc2ccc([C@H]3CC[C@H](CCC)CC3)c(F)c2)CC1. The van der Waals surface area contributed by atoms with Crippen LogP contribution in [0.1, 0.15) is 141 Å². The Balaban J connectivity index is 1.28. The highest BCUT2D eigenvalue weighted by molar-refractivity contribution is 5.31. The molecule has 0 amide bonds. The Labute approximate surface area is 204 Å². The summed E-state index contributed by atoms with van der Waals surface area (Å²) < 4.78 is 20.7. The molecule has 0 saturated heterocycles. The first-order chi connectivity index (χ1) is 16.2. The maximum atomic E-state index is 14.8. The third kappa shape index (κ3) is 9.25. The Bertz CT molecular complexity index is 640. The average molecular weight is 459 g/mol. The van der Waals surface area contributed by atoms with Gasteiger partial charge in [0.15, 0.2) is 0 Å². The summed E-state index contributed by atoms with van der Waals surface area (Å²) in [6, 6.07) is 5.64. The summed E-state index contributed by atoms with van der Waals surface area (Å²) in [7, 11) is 0. The van der Waals surface area contributed by atoms with Gasteiger partial charge in [-0.1, -0.05) is 97.0 Å². The number of ether oxygens (including phenoxy) is 1. The van der Waals surface area contributed by atoms with Gasteiger partial charge in [-0.15, -0.1) is 0 Å². The molecule has 2 heteroatoms. The molecule has 2 saturated carbocycles. The molecule has 188 valence electrons. The lowest BCUT2D eigenvalue weighted by Gasteiger charge is -2.29. The van der Waals surface area contributed by atoms with Gasteiger partial charge in [-0.25, -0.2) is 4.39 Å². The Hall–Kier alpha value is -1.05. The molecule has 1 aromatic carbocycles. The lowest BCUT2D eigenvalue weighted by Crippen LogP contribution is -2.15. The van der Waals surface area contributed by atoms with Gasteiger partial charge >= 0.3 is 0 Å². The Morgan fingerprint density at radius 3 is 1.94 bits per heavy atom. The zero-order valence-corrected chi connectivity index (χ0v) is 21.8. The van der Waals surface area contributed by atoms with Crippen LogP contribution in [0.3, 0.4) is 0 Å². The van der Waals surface area contributed by atoms with Crippen molar-refractivity contribution in [3.63, 3.8) is 0 Å². The summed E-state index contributed by atoms with van der Waals surface area (Å²) in [6.45, 7) is 5.28. The number of hydrogen-bond donors (Lipinski definition) is 0. The molecule has 0 unspecified atom stereocenters. The van der Waals surface area contributed by atoms with Gasteiger partial charge in [-0.3, -0.25) is 0 Å². The van der Waals surface area contributed by atoms with Crippen LogP contribution >= 0.6 is 0 Å². The van der Waals surface area contributed by atoms with Crippen molar-refractivity contribution in [3.8, 4) is 5.75 Å². The number of halogens is 1. The largest absolute Gasteiger partial charge is 0.493 e. The molecular weight excluding hydrogens is 407 g/mol. The topological polar surface area (TPSA) is 9.23 Å². The zero-order valence-electron chi connectivity index (χ0n) is 21.8. The lowest BCUT2D eigenvalue weighted by molar-refractivity contribution is 0.227. The van der Waals surface area contributed by atoms with E-state index in [4.69, 9.17) is 4.74 Å². The third-order valence-corrected chi connectivity index (χ3v) is 8.66. The van der Waals surface area contributed by atoms with Crippen molar-refractivity contribution in [3.05, 3.63) is 29.6 Å². The Morgan fingerprint density at radius 1 is 0.697 bits per heavy atom. The Morgan fingerprint density at radius 2 is 1.30 bits per heavy atom. The summed E-state index contributed by atoms with van der Waals surface area (Å²) >= 11 is 0. The van der Waals surface area contributed by atoms with Crippen LogP contribution in [-0.4, -0.2) is 6.61 Å². The summed E-state index contributed by atoms with van der Waals surface area (Å²) in [4.78, 5) is 0. The van der Waals surface area contributed by atoms with Crippen molar-refractivity contribution in [2.75, 3.05) is 6.61 Å². The van der Waals surface area contributed by atoms with Gasteiger partial charge in [0.1, 0.15) is 11.6 Å². The molecule has 33 heavy (non-hydrogen) atoms. The maximum absolute atomic E-state index is 14.8. The fraction of sp³-hybridized carbons (Fsp3) is 0.806. The van der Waals surface area contributed by atoms with E-state index in [1.54, 1.807) is 6.07 Å². The molecule has 2 aliphatic carbocycles. The number of benzene rings is 1. The molecule has 0 spiro atoms. The van der Waals surface area contributed by atoms with Gasteiger partial charge in [-0.05, 0) is 73.8 Å². The van der Waals surface area contributed by atoms with Crippen LogP contribution in [0.2, 0.25) is 0 Å². The van der Waals surface area contributed by atoms with Crippen molar-refractivity contribution >= 4 is 0 Å². The lowest BCUT2D eigenvalue weighted by atomic mass is 9.77. The number of rotatable bonds is 14. The molecule has 2 aliphatic rings. The molecule has 0 N–H and O–H groups in total. The fourth-order valence-corrected chi connectivity index (χ4v) is 6.51. The van der Waals surface area contributed by atoms with Crippen LogP contribution in [0.25, 0.3) is 0 Å². The predicted molar refractivity (Wildman–Crippen MR) is 140 cm³/mol. The van der Waals surface area contributed by atoms with E-state index in [0.717, 1.165) is 49.2 Å². The van der Waals surface area contributed by atoms with Gasteiger partial charge < -0.3 is 4.74 Å². The van der Waals surface area contributed by atoms with Crippen LogP contribution in [0.4, 0.5) is 4.39 Å². The standard InChI is InChI=1S/C31H51FO/c1-3-5-6-7-8-11-26-13-15-27(16-14-26)12-9-23-33-29-21-22-30(31(32)24-29)28-19-17-25(10-4-2)18-20-28/h21-22,24-28H,3-20,23H2,1-2H3/t25-,26-,27-,28-. The van der Waals surface area contributed by atoms with E-state index in [1.165, 1.54) is 96.3 Å². The second-order valence-corrected chi connectivity index (χ2v) is 11.3. The van der Waals surface area contributed by atoms with E-state index in [0.29, 0.717) is 11.7 Å². The second-order valence-electron chi connectivity index (χ2n) is 11.3. The minimum absolute atomic E-state index is 0.0561. The van der Waals surface area contributed by atoms with Crippen molar-refractivity contribution in [1.29, 1.82) is 0 Å². The minimum Gasteiger partial charge on any atom is -0.493 e. The minimum atomic E-state index is -0.0561. The van der Waals surface area contributed by atoms with E-state index >= 15 is 0 Å². The molecule has 3 rings (SSSR count). The van der Waals surface area contributed by atoms with Gasteiger partial charge in [0.25, 0.3) is 0 Å². The van der Waals surface area contributed by atoms with Gasteiger partial charge in [-0.2, -0.15) is 0 Å². The molecule has 2 fully saturated rings.